The van der Waals surface area contributed by atoms with E-state index in [0.29, 0.717) is 6.42 Å². The summed E-state index contributed by atoms with van der Waals surface area (Å²) in [6.07, 6.45) is 70.3. The van der Waals surface area contributed by atoms with E-state index < -0.39 is 26.5 Å². The first-order valence-electron chi connectivity index (χ1n) is 30.1. The molecule has 2 atom stereocenters. The van der Waals surface area contributed by atoms with Crippen LogP contribution in [0.3, 0.4) is 0 Å². The van der Waals surface area contributed by atoms with Crippen molar-refractivity contribution in [3.8, 4) is 0 Å². The van der Waals surface area contributed by atoms with Crippen LogP contribution in [0.2, 0.25) is 0 Å². The molecule has 0 aliphatic heterocycles. The Bertz CT molecular complexity index is 1300. The van der Waals surface area contributed by atoms with E-state index in [2.05, 4.69) is 62.5 Å². The lowest BCUT2D eigenvalue weighted by Crippen LogP contribution is -2.29. The van der Waals surface area contributed by atoms with E-state index in [1.807, 2.05) is 0 Å². The molecule has 0 aliphatic carbocycles. The van der Waals surface area contributed by atoms with Crippen LogP contribution in [0.1, 0.15) is 296 Å². The highest BCUT2D eigenvalue weighted by atomic mass is 31.2. The standard InChI is InChI=1S/C61H114NO8P/c1-3-5-7-9-11-13-15-17-19-21-23-25-26-27-28-29-30-31-32-34-35-37-39-41-43-45-47-49-51-53-60(63)67-57-59(58-69-71(65,66)68-56-55-62)70-61(64)54-52-50-48-46-44-42-40-38-36-33-24-22-20-18-16-14-12-10-8-6-4-2/h16,18,21-24,36,38,59H,3-15,17,19-20,25-35,37,39-58,62H2,1-2H3,(H,65,66)/b18-16-,23-21-,24-22-,38-36-. The van der Waals surface area contributed by atoms with Crippen LogP contribution in [-0.2, 0) is 32.7 Å². The minimum Gasteiger partial charge on any atom is -0.462 e. The van der Waals surface area contributed by atoms with Crippen molar-refractivity contribution in [2.24, 2.45) is 5.73 Å². The molecule has 0 radical (unpaired) electrons. The van der Waals surface area contributed by atoms with Crippen molar-refractivity contribution in [2.75, 3.05) is 26.4 Å². The van der Waals surface area contributed by atoms with Crippen molar-refractivity contribution in [3.05, 3.63) is 48.6 Å². The van der Waals surface area contributed by atoms with E-state index in [4.69, 9.17) is 24.3 Å². The number of hydrogen-bond donors (Lipinski definition) is 2. The highest BCUT2D eigenvalue weighted by Crippen LogP contribution is 2.43. The molecule has 0 aromatic carbocycles. The normalized spacial score (nSPS) is 13.4. The zero-order valence-corrected chi connectivity index (χ0v) is 47.4. The number of allylic oxidation sites excluding steroid dienone is 8. The Labute approximate surface area is 438 Å². The molecule has 0 aliphatic rings. The number of esters is 2. The summed E-state index contributed by atoms with van der Waals surface area (Å²) in [5.41, 5.74) is 5.38. The zero-order valence-electron chi connectivity index (χ0n) is 46.5. The van der Waals surface area contributed by atoms with E-state index in [1.165, 1.54) is 193 Å². The molecule has 0 fully saturated rings. The lowest BCUT2D eigenvalue weighted by atomic mass is 10.0. The molecule has 0 saturated heterocycles. The second-order valence-corrected chi connectivity index (χ2v) is 21.7. The number of phosphoric ester groups is 1. The Hall–Kier alpha value is -2.03. The first kappa shape index (κ1) is 69.0. The average molecular weight is 1020 g/mol. The summed E-state index contributed by atoms with van der Waals surface area (Å²) in [5.74, 6) is -0.831. The number of hydrogen-bond acceptors (Lipinski definition) is 8. The summed E-state index contributed by atoms with van der Waals surface area (Å²) in [4.78, 5) is 35.2. The van der Waals surface area contributed by atoms with Crippen molar-refractivity contribution >= 4 is 19.8 Å². The Balaban J connectivity index is 3.93. The fourth-order valence-electron chi connectivity index (χ4n) is 8.70. The number of rotatable bonds is 57. The van der Waals surface area contributed by atoms with Crippen LogP contribution in [0.4, 0.5) is 0 Å². The third-order valence-corrected chi connectivity index (χ3v) is 14.2. The van der Waals surface area contributed by atoms with E-state index in [0.717, 1.165) is 70.6 Å². The Kier molecular flexibility index (Phi) is 55.6. The predicted molar refractivity (Wildman–Crippen MR) is 303 cm³/mol. The van der Waals surface area contributed by atoms with E-state index in [9.17, 15) is 19.0 Å². The van der Waals surface area contributed by atoms with Crippen LogP contribution in [0.5, 0.6) is 0 Å². The first-order valence-corrected chi connectivity index (χ1v) is 31.6. The molecule has 10 heteroatoms. The molecular formula is C61H114NO8P. The molecule has 71 heavy (non-hydrogen) atoms. The van der Waals surface area contributed by atoms with Gasteiger partial charge in [-0.1, -0.05) is 255 Å². The van der Waals surface area contributed by atoms with Crippen molar-refractivity contribution < 1.29 is 37.6 Å². The van der Waals surface area contributed by atoms with Gasteiger partial charge in [-0.05, 0) is 77.0 Å². The molecule has 2 unspecified atom stereocenters. The van der Waals surface area contributed by atoms with Gasteiger partial charge in [0.15, 0.2) is 6.10 Å². The van der Waals surface area contributed by atoms with Gasteiger partial charge in [-0.25, -0.2) is 4.57 Å². The summed E-state index contributed by atoms with van der Waals surface area (Å²) in [6.45, 7) is 3.75. The molecular weight excluding hydrogens is 906 g/mol. The number of unbranched alkanes of at least 4 members (excludes halogenated alkanes) is 36. The molecule has 3 N–H and O–H groups in total. The Morgan fingerprint density at radius 2 is 0.732 bits per heavy atom. The molecule has 0 rings (SSSR count). The van der Waals surface area contributed by atoms with Gasteiger partial charge in [0.1, 0.15) is 6.61 Å². The molecule has 0 spiro atoms. The molecule has 0 saturated carbocycles. The Morgan fingerprint density at radius 1 is 0.423 bits per heavy atom. The predicted octanol–water partition coefficient (Wildman–Crippen LogP) is 19.0. The van der Waals surface area contributed by atoms with Crippen LogP contribution < -0.4 is 5.73 Å². The summed E-state index contributed by atoms with van der Waals surface area (Å²) in [6, 6.07) is 0. The van der Waals surface area contributed by atoms with Crippen molar-refractivity contribution in [2.45, 2.75) is 302 Å². The number of nitrogens with two attached hydrogens (primary N) is 1. The average Bonchev–Trinajstić information content (AvgIpc) is 3.36. The highest BCUT2D eigenvalue weighted by Gasteiger charge is 2.26. The van der Waals surface area contributed by atoms with Crippen LogP contribution >= 0.6 is 7.82 Å². The molecule has 0 aromatic heterocycles. The maximum Gasteiger partial charge on any atom is 0.472 e. The van der Waals surface area contributed by atoms with Gasteiger partial charge >= 0.3 is 19.8 Å². The van der Waals surface area contributed by atoms with Crippen LogP contribution in [-0.4, -0.2) is 49.3 Å². The van der Waals surface area contributed by atoms with Gasteiger partial charge in [-0.3, -0.25) is 18.6 Å². The van der Waals surface area contributed by atoms with Gasteiger partial charge < -0.3 is 20.1 Å². The minimum atomic E-state index is -4.39. The molecule has 0 amide bonds. The van der Waals surface area contributed by atoms with E-state index in [-0.39, 0.29) is 38.6 Å². The maximum absolute atomic E-state index is 12.7. The van der Waals surface area contributed by atoms with E-state index in [1.54, 1.807) is 0 Å². The third-order valence-electron chi connectivity index (χ3n) is 13.2. The van der Waals surface area contributed by atoms with Gasteiger partial charge in [0.05, 0.1) is 13.2 Å². The number of carbonyl (C=O) groups is 2. The molecule has 0 aromatic rings. The van der Waals surface area contributed by atoms with Gasteiger partial charge in [0, 0.05) is 19.4 Å². The zero-order chi connectivity index (χ0) is 51.7. The largest absolute Gasteiger partial charge is 0.472 e. The summed E-state index contributed by atoms with van der Waals surface area (Å²) >= 11 is 0. The highest BCUT2D eigenvalue weighted by molar-refractivity contribution is 7.47. The second kappa shape index (κ2) is 57.3. The second-order valence-electron chi connectivity index (χ2n) is 20.2. The smallest absolute Gasteiger partial charge is 0.462 e. The fraction of sp³-hybridized carbons (Fsp3) is 0.836. The fourth-order valence-corrected chi connectivity index (χ4v) is 9.46. The van der Waals surface area contributed by atoms with Gasteiger partial charge in [0.2, 0.25) is 0 Å². The van der Waals surface area contributed by atoms with Crippen molar-refractivity contribution in [3.63, 3.8) is 0 Å². The first-order chi connectivity index (χ1) is 34.8. The Morgan fingerprint density at radius 3 is 1.10 bits per heavy atom. The van der Waals surface area contributed by atoms with Gasteiger partial charge in [-0.2, -0.15) is 0 Å². The topological polar surface area (TPSA) is 134 Å². The van der Waals surface area contributed by atoms with Crippen LogP contribution in [0.25, 0.3) is 0 Å². The minimum absolute atomic E-state index is 0.0508. The monoisotopic (exact) mass is 1020 g/mol. The lowest BCUT2D eigenvalue weighted by Gasteiger charge is -2.19. The molecule has 0 bridgehead atoms. The van der Waals surface area contributed by atoms with Crippen LogP contribution in [0.15, 0.2) is 48.6 Å². The maximum atomic E-state index is 12.7. The quantitative estimate of drug-likeness (QED) is 0.0264. The lowest BCUT2D eigenvalue weighted by molar-refractivity contribution is -0.161. The van der Waals surface area contributed by atoms with Gasteiger partial charge in [-0.15, -0.1) is 0 Å². The van der Waals surface area contributed by atoms with Crippen molar-refractivity contribution in [1.29, 1.82) is 0 Å². The number of phosphoric acid groups is 1. The van der Waals surface area contributed by atoms with Gasteiger partial charge in [0.25, 0.3) is 0 Å². The third kappa shape index (κ3) is 57.1. The van der Waals surface area contributed by atoms with E-state index >= 15 is 0 Å². The summed E-state index contributed by atoms with van der Waals surface area (Å²) in [7, 11) is -4.39. The summed E-state index contributed by atoms with van der Waals surface area (Å²) < 4.78 is 33.0. The molecule has 0 heterocycles. The van der Waals surface area contributed by atoms with Crippen molar-refractivity contribution in [1.82, 2.24) is 0 Å². The number of carbonyl (C=O) groups excluding carboxylic acids is 2. The SMILES string of the molecule is CCCCCCC/C=C\C/C=C\C/C=C\CCCCCCCCC(=O)OC(COC(=O)CCCCCCCCCCCCCCCCCCC/C=C\CCCCCCCCCC)COP(=O)(O)OCCN. The summed E-state index contributed by atoms with van der Waals surface area (Å²) in [5, 5.41) is 0. The molecule has 416 valence electrons. The molecule has 9 nitrogen and oxygen atoms in total. The van der Waals surface area contributed by atoms with Crippen LogP contribution in [0, 0.1) is 0 Å². The number of ether oxygens (including phenoxy) is 2.